The molecule has 92 valence electrons. The monoisotopic (exact) mass is 233 g/mol. The molecule has 0 aliphatic rings. The van der Waals surface area contributed by atoms with Crippen molar-refractivity contribution in [2.45, 2.75) is 25.8 Å². The third-order valence-corrected chi connectivity index (χ3v) is 2.93. The van der Waals surface area contributed by atoms with Gasteiger partial charge in [0.05, 0.1) is 12.0 Å². The van der Waals surface area contributed by atoms with Gasteiger partial charge in [-0.3, -0.25) is 4.68 Å². The van der Waals surface area contributed by atoms with Gasteiger partial charge in [-0.25, -0.2) is 0 Å². The topological polar surface area (TPSA) is 43.0 Å². The molecular formula is C13H19N3O. The highest BCUT2D eigenvalue weighted by Gasteiger charge is 2.14. The second kappa shape index (κ2) is 5.68. The molecule has 2 aromatic heterocycles. The van der Waals surface area contributed by atoms with Gasteiger partial charge in [-0.15, -0.1) is 0 Å². The standard InChI is InChI=1S/C13H19N3O/c1-3-14-12(13-8-9-15-16(13)2)7-6-11-5-4-10-17-11/h4-5,8-10,12,14H,3,6-7H2,1-2H3. The maximum Gasteiger partial charge on any atom is 0.103 e. The molecule has 4 heteroatoms. The van der Waals surface area contributed by atoms with Crippen molar-refractivity contribution in [3.05, 3.63) is 42.1 Å². The maximum absolute atomic E-state index is 5.36. The average Bonchev–Trinajstić information content (AvgIpc) is 2.95. The minimum atomic E-state index is 0.331. The fourth-order valence-electron chi connectivity index (χ4n) is 2.07. The molecule has 0 bridgehead atoms. The van der Waals surface area contributed by atoms with Crippen LogP contribution in [0.1, 0.15) is 30.8 Å². The fraction of sp³-hybridized carbons (Fsp3) is 0.462. The van der Waals surface area contributed by atoms with Crippen LogP contribution in [0.5, 0.6) is 0 Å². The molecule has 1 atom stereocenters. The van der Waals surface area contributed by atoms with E-state index in [9.17, 15) is 0 Å². The first kappa shape index (κ1) is 11.9. The molecule has 17 heavy (non-hydrogen) atoms. The molecule has 0 fully saturated rings. The first-order chi connectivity index (χ1) is 8.31. The number of furan rings is 1. The van der Waals surface area contributed by atoms with Crippen molar-refractivity contribution in [1.82, 2.24) is 15.1 Å². The van der Waals surface area contributed by atoms with Crippen LogP contribution in [0.2, 0.25) is 0 Å². The largest absolute Gasteiger partial charge is 0.469 e. The van der Waals surface area contributed by atoms with Crippen molar-refractivity contribution in [2.75, 3.05) is 6.54 Å². The summed E-state index contributed by atoms with van der Waals surface area (Å²) >= 11 is 0. The smallest absolute Gasteiger partial charge is 0.103 e. The molecular weight excluding hydrogens is 214 g/mol. The highest BCUT2D eigenvalue weighted by atomic mass is 16.3. The van der Waals surface area contributed by atoms with Crippen LogP contribution in [0.15, 0.2) is 35.1 Å². The number of nitrogens with zero attached hydrogens (tertiary/aromatic N) is 2. The Morgan fingerprint density at radius 2 is 2.35 bits per heavy atom. The van der Waals surface area contributed by atoms with E-state index in [1.54, 1.807) is 6.26 Å². The van der Waals surface area contributed by atoms with Crippen LogP contribution in [0, 0.1) is 0 Å². The molecule has 2 rings (SSSR count). The Bertz CT molecular complexity index is 433. The number of nitrogens with one attached hydrogen (secondary N) is 1. The Morgan fingerprint density at radius 3 is 2.94 bits per heavy atom. The highest BCUT2D eigenvalue weighted by molar-refractivity contribution is 5.08. The van der Waals surface area contributed by atoms with Gasteiger partial charge < -0.3 is 9.73 Å². The van der Waals surface area contributed by atoms with Crippen LogP contribution in [-0.2, 0) is 13.5 Å². The molecule has 0 radical (unpaired) electrons. The Balaban J connectivity index is 2.00. The number of aromatic nitrogens is 2. The predicted octanol–water partition coefficient (Wildman–Crippen LogP) is 2.30. The minimum absolute atomic E-state index is 0.331. The van der Waals surface area contributed by atoms with Gasteiger partial charge in [0, 0.05) is 25.7 Å². The van der Waals surface area contributed by atoms with E-state index in [0.29, 0.717) is 6.04 Å². The first-order valence-electron chi connectivity index (χ1n) is 6.05. The average molecular weight is 233 g/mol. The zero-order valence-corrected chi connectivity index (χ0v) is 10.4. The maximum atomic E-state index is 5.36. The van der Waals surface area contributed by atoms with Crippen LogP contribution in [0.3, 0.4) is 0 Å². The summed E-state index contributed by atoms with van der Waals surface area (Å²) in [5.74, 6) is 1.04. The van der Waals surface area contributed by atoms with Gasteiger partial charge in [0.15, 0.2) is 0 Å². The number of hydrogen-bond acceptors (Lipinski definition) is 3. The summed E-state index contributed by atoms with van der Waals surface area (Å²) < 4.78 is 7.29. The van der Waals surface area contributed by atoms with Gasteiger partial charge in [-0.05, 0) is 31.2 Å². The number of hydrogen-bond donors (Lipinski definition) is 1. The van der Waals surface area contributed by atoms with Crippen molar-refractivity contribution in [2.24, 2.45) is 7.05 Å². The zero-order valence-electron chi connectivity index (χ0n) is 10.4. The van der Waals surface area contributed by atoms with Crippen molar-refractivity contribution in [3.63, 3.8) is 0 Å². The fourth-order valence-corrected chi connectivity index (χ4v) is 2.07. The second-order valence-electron chi connectivity index (χ2n) is 4.11. The van der Waals surface area contributed by atoms with E-state index >= 15 is 0 Å². The van der Waals surface area contributed by atoms with E-state index in [0.717, 1.165) is 25.1 Å². The molecule has 1 N–H and O–H groups in total. The lowest BCUT2D eigenvalue weighted by atomic mass is 10.1. The summed E-state index contributed by atoms with van der Waals surface area (Å²) in [4.78, 5) is 0. The van der Waals surface area contributed by atoms with Crippen molar-refractivity contribution < 1.29 is 4.42 Å². The SMILES string of the molecule is CCNC(CCc1ccco1)c1ccnn1C. The molecule has 0 aliphatic carbocycles. The molecule has 0 aromatic carbocycles. The normalized spacial score (nSPS) is 12.8. The summed E-state index contributed by atoms with van der Waals surface area (Å²) in [6.07, 6.45) is 5.52. The highest BCUT2D eigenvalue weighted by Crippen LogP contribution is 2.18. The van der Waals surface area contributed by atoms with Crippen LogP contribution >= 0.6 is 0 Å². The quantitative estimate of drug-likeness (QED) is 0.832. The predicted molar refractivity (Wildman–Crippen MR) is 66.7 cm³/mol. The van der Waals surface area contributed by atoms with Gasteiger partial charge >= 0.3 is 0 Å². The Labute approximate surface area is 102 Å². The van der Waals surface area contributed by atoms with E-state index in [1.807, 2.05) is 30.1 Å². The second-order valence-corrected chi connectivity index (χ2v) is 4.11. The van der Waals surface area contributed by atoms with Crippen LogP contribution < -0.4 is 5.32 Å². The zero-order chi connectivity index (χ0) is 12.1. The summed E-state index contributed by atoms with van der Waals surface area (Å²) in [5, 5.41) is 7.70. The first-order valence-corrected chi connectivity index (χ1v) is 6.05. The lowest BCUT2D eigenvalue weighted by molar-refractivity contribution is 0.442. The lowest BCUT2D eigenvalue weighted by Crippen LogP contribution is -2.23. The van der Waals surface area contributed by atoms with Crippen LogP contribution in [0.25, 0.3) is 0 Å². The molecule has 2 heterocycles. The summed E-state index contributed by atoms with van der Waals surface area (Å²) in [5.41, 5.74) is 1.22. The van der Waals surface area contributed by atoms with Crippen molar-refractivity contribution in [1.29, 1.82) is 0 Å². The molecule has 2 aromatic rings. The number of aryl methyl sites for hydroxylation is 2. The molecule has 0 saturated heterocycles. The van der Waals surface area contributed by atoms with E-state index in [1.165, 1.54) is 5.69 Å². The Morgan fingerprint density at radius 1 is 1.47 bits per heavy atom. The summed E-state index contributed by atoms with van der Waals surface area (Å²) in [6.45, 7) is 3.07. The molecule has 1 unspecified atom stereocenters. The van der Waals surface area contributed by atoms with Gasteiger partial charge in [0.25, 0.3) is 0 Å². The molecule has 0 spiro atoms. The van der Waals surface area contributed by atoms with E-state index in [2.05, 4.69) is 23.4 Å². The molecule has 4 nitrogen and oxygen atoms in total. The molecule has 0 aliphatic heterocycles. The lowest BCUT2D eigenvalue weighted by Gasteiger charge is -2.17. The van der Waals surface area contributed by atoms with Crippen molar-refractivity contribution >= 4 is 0 Å². The van der Waals surface area contributed by atoms with E-state index in [4.69, 9.17) is 4.42 Å². The van der Waals surface area contributed by atoms with Crippen LogP contribution in [-0.4, -0.2) is 16.3 Å². The Hall–Kier alpha value is -1.55. The number of rotatable bonds is 6. The van der Waals surface area contributed by atoms with E-state index < -0.39 is 0 Å². The summed E-state index contributed by atoms with van der Waals surface area (Å²) in [6, 6.07) is 6.35. The minimum Gasteiger partial charge on any atom is -0.469 e. The van der Waals surface area contributed by atoms with Crippen molar-refractivity contribution in [3.8, 4) is 0 Å². The van der Waals surface area contributed by atoms with E-state index in [-0.39, 0.29) is 0 Å². The molecule has 0 saturated carbocycles. The third kappa shape index (κ3) is 2.97. The third-order valence-electron chi connectivity index (χ3n) is 2.93. The summed E-state index contributed by atoms with van der Waals surface area (Å²) in [7, 11) is 1.98. The van der Waals surface area contributed by atoms with Gasteiger partial charge in [0.1, 0.15) is 5.76 Å². The molecule has 0 amide bonds. The van der Waals surface area contributed by atoms with Gasteiger partial charge in [0.2, 0.25) is 0 Å². The van der Waals surface area contributed by atoms with Crippen LogP contribution in [0.4, 0.5) is 0 Å². The van der Waals surface area contributed by atoms with Gasteiger partial charge in [-0.1, -0.05) is 6.92 Å². The Kier molecular flexibility index (Phi) is 3.98. The van der Waals surface area contributed by atoms with Gasteiger partial charge in [-0.2, -0.15) is 5.10 Å².